The third kappa shape index (κ3) is 3.62. The molecule has 0 spiro atoms. The first-order chi connectivity index (χ1) is 14.6. The van der Waals surface area contributed by atoms with E-state index in [2.05, 4.69) is 27.7 Å². The lowest BCUT2D eigenvalue weighted by molar-refractivity contribution is -0.184. The summed E-state index contributed by atoms with van der Waals surface area (Å²) >= 11 is 0. The Labute approximate surface area is 188 Å². The van der Waals surface area contributed by atoms with Crippen LogP contribution in [0.25, 0.3) is 0 Å². The molecule has 5 nitrogen and oxygen atoms in total. The average Bonchev–Trinajstić information content (AvgIpc) is 3.07. The highest BCUT2D eigenvalue weighted by Gasteiger charge is 2.65. The first-order valence-corrected chi connectivity index (χ1v) is 12.7. The molecule has 0 radical (unpaired) electrons. The molecule has 4 saturated carbocycles. The van der Waals surface area contributed by atoms with Crippen molar-refractivity contribution < 1.29 is 24.5 Å². The van der Waals surface area contributed by atoms with Gasteiger partial charge in [0, 0.05) is 25.6 Å². The number of Topliss-reactive ketones (excluding diaryl/α,β-unsaturated/α-hetero) is 1. The van der Waals surface area contributed by atoms with Gasteiger partial charge in [0.25, 0.3) is 0 Å². The van der Waals surface area contributed by atoms with Crippen LogP contribution in [-0.2, 0) is 14.3 Å². The van der Waals surface area contributed by atoms with Crippen LogP contribution in [0.15, 0.2) is 0 Å². The van der Waals surface area contributed by atoms with Crippen LogP contribution in [0.5, 0.6) is 0 Å². The number of ketones is 1. The normalized spacial score (nSPS) is 49.1. The van der Waals surface area contributed by atoms with Crippen molar-refractivity contribution in [3.05, 3.63) is 0 Å². The van der Waals surface area contributed by atoms with Gasteiger partial charge >= 0.3 is 0 Å². The Morgan fingerprint density at radius 3 is 2.42 bits per heavy atom. The van der Waals surface area contributed by atoms with Gasteiger partial charge in [-0.25, -0.2) is 0 Å². The summed E-state index contributed by atoms with van der Waals surface area (Å²) in [5, 5.41) is 20.7. The largest absolute Gasteiger partial charge is 0.390 e. The van der Waals surface area contributed by atoms with Crippen LogP contribution >= 0.6 is 0 Å². The van der Waals surface area contributed by atoms with E-state index in [1.165, 1.54) is 0 Å². The molecule has 0 aromatic carbocycles. The molecule has 0 heterocycles. The maximum Gasteiger partial charge on any atom is 0.136 e. The summed E-state index contributed by atoms with van der Waals surface area (Å²) in [5.41, 5.74) is -0.331. The SMILES string of the molecule is CCOC[C@@](C)(OCC)C1CCC2C3CC(=O)C4C[C@H](O)[C@H](O)C[C@]4(C)C3CC[C@@]21C. The van der Waals surface area contributed by atoms with Crippen molar-refractivity contribution >= 4 is 5.78 Å². The van der Waals surface area contributed by atoms with Gasteiger partial charge in [0.2, 0.25) is 0 Å². The molecule has 0 aliphatic heterocycles. The van der Waals surface area contributed by atoms with Crippen molar-refractivity contribution in [2.75, 3.05) is 19.8 Å². The summed E-state index contributed by atoms with van der Waals surface area (Å²) in [4.78, 5) is 13.3. The number of rotatable bonds is 6. The second kappa shape index (κ2) is 8.38. The quantitative estimate of drug-likeness (QED) is 0.658. The smallest absolute Gasteiger partial charge is 0.136 e. The highest BCUT2D eigenvalue weighted by atomic mass is 16.5. The summed E-state index contributed by atoms with van der Waals surface area (Å²) in [5.74, 6) is 2.02. The highest BCUT2D eigenvalue weighted by Crippen LogP contribution is 2.68. The van der Waals surface area contributed by atoms with Gasteiger partial charge in [-0.1, -0.05) is 13.8 Å². The van der Waals surface area contributed by atoms with Gasteiger partial charge < -0.3 is 19.7 Å². The second-order valence-corrected chi connectivity index (χ2v) is 11.7. The predicted molar refractivity (Wildman–Crippen MR) is 120 cm³/mol. The van der Waals surface area contributed by atoms with Crippen LogP contribution in [0.2, 0.25) is 0 Å². The zero-order valence-corrected chi connectivity index (χ0v) is 20.2. The lowest BCUT2D eigenvalue weighted by Gasteiger charge is -2.61. The lowest BCUT2D eigenvalue weighted by atomic mass is 9.43. The zero-order chi connectivity index (χ0) is 22.6. The number of aliphatic hydroxyl groups is 2. The molecule has 10 atom stereocenters. The van der Waals surface area contributed by atoms with Gasteiger partial charge in [-0.15, -0.1) is 0 Å². The van der Waals surface area contributed by atoms with E-state index in [0.29, 0.717) is 68.5 Å². The standard InChI is InChI=1S/C26H44O5/c1-6-30-15-26(5,31-7-2)23-9-8-17-16-12-20(27)19-13-21(28)22(29)14-25(19,4)18(16)10-11-24(17,23)3/h16-19,21-23,28-29H,6-15H2,1-5H3/t16?,17?,18?,19?,21-,22+,23?,24-,25+,26+/m0/s1. The summed E-state index contributed by atoms with van der Waals surface area (Å²) in [7, 11) is 0. The van der Waals surface area contributed by atoms with E-state index in [-0.39, 0.29) is 22.3 Å². The maximum absolute atomic E-state index is 13.3. The minimum Gasteiger partial charge on any atom is -0.390 e. The molecule has 4 aliphatic carbocycles. The number of ether oxygens (including phenoxy) is 2. The minimum absolute atomic E-state index is 0.0969. The van der Waals surface area contributed by atoms with Crippen molar-refractivity contribution in [2.45, 2.75) is 97.4 Å². The molecule has 0 bridgehead atoms. The Morgan fingerprint density at radius 1 is 1.03 bits per heavy atom. The molecule has 31 heavy (non-hydrogen) atoms. The third-order valence-electron chi connectivity index (χ3n) is 10.3. The van der Waals surface area contributed by atoms with Crippen LogP contribution in [0, 0.1) is 40.4 Å². The van der Waals surface area contributed by atoms with Crippen LogP contribution in [-0.4, -0.2) is 53.6 Å². The molecule has 5 unspecified atom stereocenters. The van der Waals surface area contributed by atoms with E-state index < -0.39 is 12.2 Å². The van der Waals surface area contributed by atoms with Crippen molar-refractivity contribution in [1.82, 2.24) is 0 Å². The Morgan fingerprint density at radius 2 is 1.74 bits per heavy atom. The number of aliphatic hydroxyl groups excluding tert-OH is 2. The van der Waals surface area contributed by atoms with Gasteiger partial charge in [-0.05, 0) is 93.8 Å². The first kappa shape index (κ1) is 23.7. The van der Waals surface area contributed by atoms with Gasteiger partial charge in [-0.3, -0.25) is 4.79 Å². The Hall–Kier alpha value is -0.490. The van der Waals surface area contributed by atoms with Crippen molar-refractivity contribution in [2.24, 2.45) is 40.4 Å². The fourth-order valence-electron chi connectivity index (χ4n) is 8.95. The third-order valence-corrected chi connectivity index (χ3v) is 10.3. The van der Waals surface area contributed by atoms with E-state index in [1.54, 1.807) is 0 Å². The van der Waals surface area contributed by atoms with E-state index in [9.17, 15) is 15.0 Å². The van der Waals surface area contributed by atoms with Crippen molar-refractivity contribution in [3.8, 4) is 0 Å². The van der Waals surface area contributed by atoms with E-state index in [4.69, 9.17) is 9.47 Å². The second-order valence-electron chi connectivity index (χ2n) is 11.7. The molecule has 0 aromatic rings. The Bertz CT molecular complexity index is 681. The summed E-state index contributed by atoms with van der Waals surface area (Å²) in [6, 6.07) is 0. The molecule has 5 heteroatoms. The molecule has 4 fully saturated rings. The van der Waals surface area contributed by atoms with Crippen LogP contribution in [0.4, 0.5) is 0 Å². The van der Waals surface area contributed by atoms with Crippen LogP contribution in [0.1, 0.15) is 79.6 Å². The number of fused-ring (bicyclic) bond motifs is 5. The first-order valence-electron chi connectivity index (χ1n) is 12.7. The van der Waals surface area contributed by atoms with Gasteiger partial charge in [0.1, 0.15) is 5.78 Å². The predicted octanol–water partition coefficient (Wildman–Crippen LogP) is 3.99. The van der Waals surface area contributed by atoms with E-state index in [0.717, 1.165) is 25.7 Å². The highest BCUT2D eigenvalue weighted by molar-refractivity contribution is 5.83. The lowest BCUT2D eigenvalue weighted by Crippen LogP contribution is -2.60. The summed E-state index contributed by atoms with van der Waals surface area (Å²) < 4.78 is 12.3. The molecule has 0 saturated heterocycles. The number of carbonyl (C=O) groups is 1. The number of hydrogen-bond acceptors (Lipinski definition) is 5. The monoisotopic (exact) mass is 436 g/mol. The molecule has 0 aromatic heterocycles. The molecule has 2 N–H and O–H groups in total. The van der Waals surface area contributed by atoms with Crippen molar-refractivity contribution in [3.63, 3.8) is 0 Å². The molecule has 0 amide bonds. The van der Waals surface area contributed by atoms with E-state index >= 15 is 0 Å². The molecule has 4 aliphatic rings. The molecular weight excluding hydrogens is 392 g/mol. The van der Waals surface area contributed by atoms with Gasteiger partial charge in [0.15, 0.2) is 0 Å². The minimum atomic E-state index is -0.756. The fourth-order valence-corrected chi connectivity index (χ4v) is 8.95. The summed E-state index contributed by atoms with van der Waals surface area (Å²) in [6.45, 7) is 13.0. The van der Waals surface area contributed by atoms with Crippen LogP contribution in [0.3, 0.4) is 0 Å². The number of carbonyl (C=O) groups excluding carboxylic acids is 1. The van der Waals surface area contributed by atoms with Gasteiger partial charge in [-0.2, -0.15) is 0 Å². The Balaban J connectivity index is 1.62. The summed E-state index contributed by atoms with van der Waals surface area (Å²) in [6.07, 6.45) is 4.71. The zero-order valence-electron chi connectivity index (χ0n) is 20.2. The van der Waals surface area contributed by atoms with E-state index in [1.807, 2.05) is 6.92 Å². The topological polar surface area (TPSA) is 76.0 Å². The van der Waals surface area contributed by atoms with Crippen LogP contribution < -0.4 is 0 Å². The number of hydrogen-bond donors (Lipinski definition) is 2. The maximum atomic E-state index is 13.3. The van der Waals surface area contributed by atoms with Gasteiger partial charge in [0.05, 0.1) is 24.4 Å². The molecule has 4 rings (SSSR count). The molecular formula is C26H44O5. The molecule has 178 valence electrons. The fraction of sp³-hybridized carbons (Fsp3) is 0.962. The average molecular weight is 437 g/mol. The Kier molecular flexibility index (Phi) is 6.39. The van der Waals surface area contributed by atoms with Crippen molar-refractivity contribution in [1.29, 1.82) is 0 Å².